The first kappa shape index (κ1) is 8.99. The van der Waals surface area contributed by atoms with E-state index in [1.807, 2.05) is 19.1 Å². The van der Waals surface area contributed by atoms with Crippen molar-refractivity contribution in [2.45, 2.75) is 18.7 Å². The molecule has 0 N–H and O–H groups in total. The largest absolute Gasteiger partial charge is 0.384 e. The summed E-state index contributed by atoms with van der Waals surface area (Å²) in [5.74, 6) is 0. The Balaban J connectivity index is 3.04. The van der Waals surface area contributed by atoms with Crippen molar-refractivity contribution < 1.29 is 4.74 Å². The van der Waals surface area contributed by atoms with Crippen molar-refractivity contribution >= 4 is 11.6 Å². The van der Waals surface area contributed by atoms with Gasteiger partial charge in [-0.1, -0.05) is 12.2 Å². The fraction of sp³-hybridized carbons (Fsp3) is 0.714. The summed E-state index contributed by atoms with van der Waals surface area (Å²) in [4.78, 5) is 0. The Morgan fingerprint density at radius 1 is 1.67 bits per heavy atom. The summed E-state index contributed by atoms with van der Waals surface area (Å²) in [5.41, 5.74) is 0. The van der Waals surface area contributed by atoms with E-state index in [0.717, 1.165) is 13.0 Å². The van der Waals surface area contributed by atoms with E-state index in [4.69, 9.17) is 16.3 Å². The third kappa shape index (κ3) is 7.99. The molecule has 0 aromatic carbocycles. The van der Waals surface area contributed by atoms with E-state index < -0.39 is 0 Å². The van der Waals surface area contributed by atoms with Crippen molar-refractivity contribution in [2.24, 2.45) is 0 Å². The molecule has 9 heavy (non-hydrogen) atoms. The molecule has 0 aromatic heterocycles. The van der Waals surface area contributed by atoms with Gasteiger partial charge in [-0.3, -0.25) is 0 Å². The molecule has 1 unspecified atom stereocenters. The number of hydrogen-bond donors (Lipinski definition) is 0. The van der Waals surface area contributed by atoms with Crippen LogP contribution >= 0.6 is 11.6 Å². The zero-order chi connectivity index (χ0) is 7.11. The van der Waals surface area contributed by atoms with Crippen LogP contribution in [0.3, 0.4) is 0 Å². The van der Waals surface area contributed by atoms with Crippen molar-refractivity contribution in [3.05, 3.63) is 12.2 Å². The van der Waals surface area contributed by atoms with Crippen LogP contribution in [0.5, 0.6) is 0 Å². The Morgan fingerprint density at radius 2 is 2.33 bits per heavy atom. The monoisotopic (exact) mass is 148 g/mol. The van der Waals surface area contributed by atoms with Crippen LogP contribution in [0.25, 0.3) is 0 Å². The fourth-order valence-electron chi connectivity index (χ4n) is 0.470. The minimum absolute atomic E-state index is 0.141. The van der Waals surface area contributed by atoms with Crippen molar-refractivity contribution in [2.75, 3.05) is 13.7 Å². The summed E-state index contributed by atoms with van der Waals surface area (Å²) in [6.07, 6.45) is 4.94. The maximum absolute atomic E-state index is 5.63. The quantitative estimate of drug-likeness (QED) is 0.338. The lowest BCUT2D eigenvalue weighted by Crippen LogP contribution is -1.86. The maximum Gasteiger partial charge on any atom is 0.0496 e. The second kappa shape index (κ2) is 6.12. The molecule has 0 heterocycles. The van der Waals surface area contributed by atoms with E-state index in [-0.39, 0.29) is 5.38 Å². The molecule has 0 aliphatic rings. The number of allylic oxidation sites excluding steroid dienone is 1. The molecule has 1 nitrogen and oxygen atoms in total. The third-order valence-corrected chi connectivity index (χ3v) is 1.04. The Morgan fingerprint density at radius 3 is 2.78 bits per heavy atom. The highest BCUT2D eigenvalue weighted by molar-refractivity contribution is 6.21. The van der Waals surface area contributed by atoms with Crippen molar-refractivity contribution in [1.82, 2.24) is 0 Å². The molecule has 2 heteroatoms. The molecular formula is C7H13ClO. The van der Waals surface area contributed by atoms with Gasteiger partial charge in [0.15, 0.2) is 0 Å². The van der Waals surface area contributed by atoms with Crippen molar-refractivity contribution in [3.63, 3.8) is 0 Å². The van der Waals surface area contributed by atoms with Crippen LogP contribution in [-0.2, 0) is 4.74 Å². The molecule has 0 spiro atoms. The molecule has 0 fully saturated rings. The number of alkyl halides is 1. The SMILES string of the molecule is COCC/C=C/C(C)Cl. The summed E-state index contributed by atoms with van der Waals surface area (Å²) in [6.45, 7) is 2.71. The Hall–Kier alpha value is -0.0100. The van der Waals surface area contributed by atoms with Gasteiger partial charge in [-0.05, 0) is 13.3 Å². The molecule has 54 valence electrons. The number of halogens is 1. The topological polar surface area (TPSA) is 9.23 Å². The van der Waals surface area contributed by atoms with Crippen LogP contribution in [0.4, 0.5) is 0 Å². The van der Waals surface area contributed by atoms with Gasteiger partial charge in [-0.2, -0.15) is 0 Å². The smallest absolute Gasteiger partial charge is 0.0496 e. The molecule has 0 saturated heterocycles. The van der Waals surface area contributed by atoms with E-state index in [1.165, 1.54) is 0 Å². The number of hydrogen-bond acceptors (Lipinski definition) is 1. The first-order valence-electron chi connectivity index (χ1n) is 3.07. The molecular weight excluding hydrogens is 136 g/mol. The minimum Gasteiger partial charge on any atom is -0.384 e. The summed E-state index contributed by atoms with van der Waals surface area (Å²) in [7, 11) is 1.69. The lowest BCUT2D eigenvalue weighted by atomic mass is 10.3. The second-order valence-corrected chi connectivity index (χ2v) is 2.58. The normalized spacial score (nSPS) is 14.6. The lowest BCUT2D eigenvalue weighted by Gasteiger charge is -1.92. The average molecular weight is 149 g/mol. The predicted molar refractivity (Wildman–Crippen MR) is 40.9 cm³/mol. The number of rotatable bonds is 4. The summed E-state index contributed by atoms with van der Waals surface area (Å²) in [5, 5.41) is 0.141. The first-order chi connectivity index (χ1) is 4.27. The zero-order valence-electron chi connectivity index (χ0n) is 5.93. The lowest BCUT2D eigenvalue weighted by molar-refractivity contribution is 0.204. The van der Waals surface area contributed by atoms with Crippen LogP contribution in [0.2, 0.25) is 0 Å². The van der Waals surface area contributed by atoms with Gasteiger partial charge < -0.3 is 4.74 Å². The molecule has 0 radical (unpaired) electrons. The minimum atomic E-state index is 0.141. The maximum atomic E-state index is 5.63. The van der Waals surface area contributed by atoms with Crippen LogP contribution in [0.1, 0.15) is 13.3 Å². The van der Waals surface area contributed by atoms with E-state index in [9.17, 15) is 0 Å². The zero-order valence-corrected chi connectivity index (χ0v) is 6.69. The molecule has 0 amide bonds. The van der Waals surface area contributed by atoms with Crippen molar-refractivity contribution in [3.8, 4) is 0 Å². The van der Waals surface area contributed by atoms with Gasteiger partial charge in [-0.25, -0.2) is 0 Å². The van der Waals surface area contributed by atoms with E-state index in [0.29, 0.717) is 0 Å². The first-order valence-corrected chi connectivity index (χ1v) is 3.50. The molecule has 0 aliphatic carbocycles. The Bertz CT molecular complexity index is 79.0. The molecule has 0 aromatic rings. The molecule has 0 aliphatic heterocycles. The van der Waals surface area contributed by atoms with E-state index in [1.54, 1.807) is 7.11 Å². The van der Waals surface area contributed by atoms with Crippen LogP contribution in [0, 0.1) is 0 Å². The van der Waals surface area contributed by atoms with E-state index >= 15 is 0 Å². The van der Waals surface area contributed by atoms with Crippen LogP contribution < -0.4 is 0 Å². The van der Waals surface area contributed by atoms with Gasteiger partial charge in [0.2, 0.25) is 0 Å². The van der Waals surface area contributed by atoms with Gasteiger partial charge in [-0.15, -0.1) is 11.6 Å². The van der Waals surface area contributed by atoms with E-state index in [2.05, 4.69) is 0 Å². The summed E-state index contributed by atoms with van der Waals surface area (Å²) >= 11 is 5.63. The predicted octanol–water partition coefficient (Wildman–Crippen LogP) is 2.21. The molecule has 0 rings (SSSR count). The van der Waals surface area contributed by atoms with Gasteiger partial charge in [0.25, 0.3) is 0 Å². The highest BCUT2D eigenvalue weighted by Crippen LogP contribution is 1.95. The standard InChI is InChI=1S/C7H13ClO/c1-7(8)5-3-4-6-9-2/h3,5,7H,4,6H2,1-2H3/b5-3+. The summed E-state index contributed by atoms with van der Waals surface area (Å²) < 4.78 is 4.83. The van der Waals surface area contributed by atoms with Crippen LogP contribution in [0.15, 0.2) is 12.2 Å². The molecule has 0 saturated carbocycles. The Kier molecular flexibility index (Phi) is 6.11. The third-order valence-electron chi connectivity index (χ3n) is 0.890. The van der Waals surface area contributed by atoms with Gasteiger partial charge >= 0.3 is 0 Å². The number of ether oxygens (including phenoxy) is 1. The number of methoxy groups -OCH3 is 1. The molecule has 1 atom stereocenters. The fourth-order valence-corrected chi connectivity index (χ4v) is 0.573. The van der Waals surface area contributed by atoms with Crippen LogP contribution in [-0.4, -0.2) is 19.1 Å². The molecule has 0 bridgehead atoms. The average Bonchev–Trinajstić information content (AvgIpc) is 1.80. The van der Waals surface area contributed by atoms with Gasteiger partial charge in [0.1, 0.15) is 0 Å². The summed E-state index contributed by atoms with van der Waals surface area (Å²) in [6, 6.07) is 0. The second-order valence-electron chi connectivity index (χ2n) is 1.89. The Labute approximate surface area is 61.7 Å². The van der Waals surface area contributed by atoms with Crippen molar-refractivity contribution in [1.29, 1.82) is 0 Å². The highest BCUT2D eigenvalue weighted by atomic mass is 35.5. The van der Waals surface area contributed by atoms with Gasteiger partial charge in [0.05, 0.1) is 0 Å². The highest BCUT2D eigenvalue weighted by Gasteiger charge is 1.84. The van der Waals surface area contributed by atoms with Gasteiger partial charge in [0, 0.05) is 19.1 Å².